The van der Waals surface area contributed by atoms with Gasteiger partial charge in [-0.1, -0.05) is 17.7 Å². The molecule has 3 N–H and O–H groups in total. The number of hydrogen-bond acceptors (Lipinski definition) is 3. The van der Waals surface area contributed by atoms with Crippen LogP contribution in [0.3, 0.4) is 0 Å². The molecule has 13 heavy (non-hydrogen) atoms. The highest BCUT2D eigenvalue weighted by Gasteiger charge is 2.07. The maximum atomic E-state index is 9.29. The molecule has 0 fully saturated rings. The van der Waals surface area contributed by atoms with Crippen LogP contribution in [-0.2, 0) is 6.42 Å². The number of nitrogens with two attached hydrogens (primary N) is 1. The van der Waals surface area contributed by atoms with Crippen LogP contribution in [0.15, 0.2) is 12.1 Å². The molecule has 0 radical (unpaired) electrons. The molecule has 0 spiro atoms. The summed E-state index contributed by atoms with van der Waals surface area (Å²) in [6, 6.07) is 3.73. The lowest BCUT2D eigenvalue weighted by Crippen LogP contribution is -2.22. The molecule has 0 aliphatic carbocycles. The maximum absolute atomic E-state index is 9.29. The number of nitrogens with zero attached hydrogens (tertiary/aromatic N) is 1. The van der Waals surface area contributed by atoms with Crippen LogP contribution in [0, 0.1) is 6.92 Å². The minimum absolute atomic E-state index is 0.240. The first-order chi connectivity index (χ1) is 6.13. The van der Waals surface area contributed by atoms with Gasteiger partial charge in [-0.15, -0.1) is 0 Å². The van der Waals surface area contributed by atoms with Crippen molar-refractivity contribution in [2.24, 2.45) is 5.73 Å². The Hall–Kier alpha value is -0.640. The maximum Gasteiger partial charge on any atom is 0.132 e. The highest BCUT2D eigenvalue weighted by Crippen LogP contribution is 2.15. The lowest BCUT2D eigenvalue weighted by molar-refractivity contribution is 0.183. The molecule has 1 aromatic rings. The van der Waals surface area contributed by atoms with Crippen LogP contribution in [0.5, 0.6) is 0 Å². The number of aliphatic hydroxyl groups is 1. The number of halogens is 1. The first kappa shape index (κ1) is 10.4. The van der Waals surface area contributed by atoms with E-state index in [1.165, 1.54) is 0 Å². The first-order valence-corrected chi connectivity index (χ1v) is 4.51. The summed E-state index contributed by atoms with van der Waals surface area (Å²) >= 11 is 5.87. The summed E-state index contributed by atoms with van der Waals surface area (Å²) in [4.78, 5) is 4.07. The molecule has 0 aliphatic rings. The van der Waals surface area contributed by atoms with Crippen molar-refractivity contribution in [3.8, 4) is 0 Å². The third-order valence-electron chi connectivity index (χ3n) is 1.79. The third kappa shape index (κ3) is 2.95. The van der Waals surface area contributed by atoms with E-state index in [4.69, 9.17) is 17.3 Å². The lowest BCUT2D eigenvalue weighted by atomic mass is 10.1. The summed E-state index contributed by atoms with van der Waals surface area (Å²) in [6.45, 7) is 2.11. The van der Waals surface area contributed by atoms with Crippen molar-refractivity contribution in [3.63, 3.8) is 0 Å². The highest BCUT2D eigenvalue weighted by atomic mass is 35.5. The molecule has 0 saturated heterocycles. The third-order valence-corrected chi connectivity index (χ3v) is 2.12. The SMILES string of the molecule is Cc1ccc(CC(O)CN)c(Cl)n1. The molecule has 1 rings (SSSR count). The second-order valence-corrected chi connectivity index (χ2v) is 3.35. The standard InChI is InChI=1S/C9H13ClN2O/c1-6-2-3-7(9(10)12-6)4-8(13)5-11/h2-3,8,13H,4-5,11H2,1H3. The molecule has 72 valence electrons. The molecule has 3 nitrogen and oxygen atoms in total. The fourth-order valence-corrected chi connectivity index (χ4v) is 1.32. The Morgan fingerprint density at radius 3 is 2.85 bits per heavy atom. The predicted molar refractivity (Wildman–Crippen MR) is 52.7 cm³/mol. The number of hydrogen-bond donors (Lipinski definition) is 2. The monoisotopic (exact) mass is 200 g/mol. The van der Waals surface area contributed by atoms with Crippen LogP contribution in [-0.4, -0.2) is 22.7 Å². The minimum atomic E-state index is -0.540. The van der Waals surface area contributed by atoms with E-state index in [9.17, 15) is 5.11 Å². The molecule has 0 amide bonds. The first-order valence-electron chi connectivity index (χ1n) is 4.13. The lowest BCUT2D eigenvalue weighted by Gasteiger charge is -2.08. The number of aryl methyl sites for hydroxylation is 1. The van der Waals surface area contributed by atoms with Gasteiger partial charge < -0.3 is 10.8 Å². The van der Waals surface area contributed by atoms with Crippen LogP contribution >= 0.6 is 11.6 Å². The van der Waals surface area contributed by atoms with Gasteiger partial charge in [-0.3, -0.25) is 0 Å². The van der Waals surface area contributed by atoms with E-state index in [1.54, 1.807) is 0 Å². The minimum Gasteiger partial charge on any atom is -0.391 e. The smallest absolute Gasteiger partial charge is 0.132 e. The second-order valence-electron chi connectivity index (χ2n) is 3.00. The van der Waals surface area contributed by atoms with E-state index < -0.39 is 6.10 Å². The summed E-state index contributed by atoms with van der Waals surface area (Å²) in [6.07, 6.45) is -0.0789. The van der Waals surface area contributed by atoms with Gasteiger partial charge in [-0.25, -0.2) is 4.98 Å². The van der Waals surface area contributed by atoms with Crippen molar-refractivity contribution in [2.45, 2.75) is 19.4 Å². The van der Waals surface area contributed by atoms with E-state index in [0.717, 1.165) is 11.3 Å². The topological polar surface area (TPSA) is 59.1 Å². The van der Waals surface area contributed by atoms with E-state index in [1.807, 2.05) is 19.1 Å². The molecule has 4 heteroatoms. The number of aliphatic hydroxyl groups excluding tert-OH is 1. The summed E-state index contributed by atoms with van der Waals surface area (Å²) in [7, 11) is 0. The van der Waals surface area contributed by atoms with Gasteiger partial charge >= 0.3 is 0 Å². The highest BCUT2D eigenvalue weighted by molar-refractivity contribution is 6.30. The van der Waals surface area contributed by atoms with Gasteiger partial charge in [-0.2, -0.15) is 0 Å². The predicted octanol–water partition coefficient (Wildman–Crippen LogP) is 0.906. The van der Waals surface area contributed by atoms with Gasteiger partial charge in [0.1, 0.15) is 5.15 Å². The Bertz CT molecular complexity index is 291. The fourth-order valence-electron chi connectivity index (χ4n) is 1.04. The van der Waals surface area contributed by atoms with Crippen molar-refractivity contribution < 1.29 is 5.11 Å². The Morgan fingerprint density at radius 2 is 2.31 bits per heavy atom. The van der Waals surface area contributed by atoms with Crippen molar-refractivity contribution in [1.82, 2.24) is 4.98 Å². The van der Waals surface area contributed by atoms with Gasteiger partial charge in [0.15, 0.2) is 0 Å². The van der Waals surface area contributed by atoms with Crippen molar-refractivity contribution in [2.75, 3.05) is 6.54 Å². The van der Waals surface area contributed by atoms with Gasteiger partial charge in [0.2, 0.25) is 0 Å². The average molecular weight is 201 g/mol. The van der Waals surface area contributed by atoms with E-state index in [0.29, 0.717) is 11.6 Å². The molecule has 0 aromatic carbocycles. The zero-order valence-corrected chi connectivity index (χ0v) is 8.25. The molecular formula is C9H13ClN2O. The summed E-state index contributed by atoms with van der Waals surface area (Å²) in [5, 5.41) is 9.75. The number of pyridine rings is 1. The van der Waals surface area contributed by atoms with E-state index in [2.05, 4.69) is 4.98 Å². The largest absolute Gasteiger partial charge is 0.391 e. The van der Waals surface area contributed by atoms with E-state index >= 15 is 0 Å². The van der Waals surface area contributed by atoms with Crippen LogP contribution < -0.4 is 5.73 Å². The molecule has 1 unspecified atom stereocenters. The van der Waals surface area contributed by atoms with Crippen LogP contribution in [0.1, 0.15) is 11.3 Å². The second kappa shape index (κ2) is 4.56. The molecule has 0 bridgehead atoms. The Labute approximate surface area is 82.5 Å². The number of rotatable bonds is 3. The molecular weight excluding hydrogens is 188 g/mol. The van der Waals surface area contributed by atoms with E-state index in [-0.39, 0.29) is 6.54 Å². The summed E-state index contributed by atoms with van der Waals surface area (Å²) in [5.41, 5.74) is 7.00. The zero-order valence-electron chi connectivity index (χ0n) is 7.50. The van der Waals surface area contributed by atoms with Gasteiger partial charge in [-0.05, 0) is 18.6 Å². The Balaban J connectivity index is 2.77. The van der Waals surface area contributed by atoms with Crippen LogP contribution in [0.25, 0.3) is 0 Å². The molecule has 1 atom stereocenters. The van der Waals surface area contributed by atoms with Crippen LogP contribution in [0.2, 0.25) is 5.15 Å². The zero-order chi connectivity index (χ0) is 9.84. The fraction of sp³-hybridized carbons (Fsp3) is 0.444. The van der Waals surface area contributed by atoms with Gasteiger partial charge in [0.05, 0.1) is 6.10 Å². The number of aromatic nitrogens is 1. The van der Waals surface area contributed by atoms with Gasteiger partial charge in [0, 0.05) is 18.7 Å². The Kier molecular flexibility index (Phi) is 3.66. The van der Waals surface area contributed by atoms with Crippen LogP contribution in [0.4, 0.5) is 0 Å². The average Bonchev–Trinajstić information content (AvgIpc) is 2.09. The molecule has 1 aromatic heterocycles. The van der Waals surface area contributed by atoms with Crippen molar-refractivity contribution in [3.05, 3.63) is 28.5 Å². The van der Waals surface area contributed by atoms with Crippen molar-refractivity contribution >= 4 is 11.6 Å². The normalized spacial score (nSPS) is 12.9. The van der Waals surface area contributed by atoms with Gasteiger partial charge in [0.25, 0.3) is 0 Å². The summed E-state index contributed by atoms with van der Waals surface area (Å²) in [5.74, 6) is 0. The molecule has 1 heterocycles. The Morgan fingerprint density at radius 1 is 1.62 bits per heavy atom. The molecule has 0 aliphatic heterocycles. The quantitative estimate of drug-likeness (QED) is 0.713. The van der Waals surface area contributed by atoms with Crippen molar-refractivity contribution in [1.29, 1.82) is 0 Å². The molecule has 0 saturated carbocycles. The summed E-state index contributed by atoms with van der Waals surface area (Å²) < 4.78 is 0.